The summed E-state index contributed by atoms with van der Waals surface area (Å²) in [7, 11) is 1.47. The van der Waals surface area contributed by atoms with E-state index in [-0.39, 0.29) is 29.0 Å². The molecule has 0 unspecified atom stereocenters. The van der Waals surface area contributed by atoms with Gasteiger partial charge in [-0.15, -0.1) is 0 Å². The average molecular weight is 385 g/mol. The SMILES string of the molecule is COc1ccc(C(=O)O)cc1Oc1ccc2nc(NC(=O)C3CC3)sc2n1. The molecule has 1 aromatic carbocycles. The summed E-state index contributed by atoms with van der Waals surface area (Å²) in [6.45, 7) is 0. The zero-order chi connectivity index (χ0) is 19.0. The van der Waals surface area contributed by atoms with E-state index in [1.54, 1.807) is 12.1 Å². The fraction of sp³-hybridized carbons (Fsp3) is 0.222. The molecule has 3 aromatic rings. The number of carboxylic acid groups (broad SMARTS) is 1. The third kappa shape index (κ3) is 3.68. The smallest absolute Gasteiger partial charge is 0.335 e. The Morgan fingerprint density at radius 1 is 1.19 bits per heavy atom. The van der Waals surface area contributed by atoms with Crippen molar-refractivity contribution in [3.05, 3.63) is 35.9 Å². The number of carboxylic acids is 1. The van der Waals surface area contributed by atoms with Crippen LogP contribution in [0.5, 0.6) is 17.4 Å². The highest BCUT2D eigenvalue weighted by Gasteiger charge is 2.30. The van der Waals surface area contributed by atoms with E-state index >= 15 is 0 Å². The van der Waals surface area contributed by atoms with Gasteiger partial charge in [0.05, 0.1) is 12.7 Å². The number of nitrogens with zero attached hydrogens (tertiary/aromatic N) is 2. The van der Waals surface area contributed by atoms with Gasteiger partial charge in [0.2, 0.25) is 11.8 Å². The number of nitrogens with one attached hydrogen (secondary N) is 1. The van der Waals surface area contributed by atoms with Crippen molar-refractivity contribution < 1.29 is 24.2 Å². The maximum absolute atomic E-state index is 11.9. The van der Waals surface area contributed by atoms with E-state index in [4.69, 9.17) is 14.6 Å². The summed E-state index contributed by atoms with van der Waals surface area (Å²) in [5.41, 5.74) is 0.722. The highest BCUT2D eigenvalue weighted by molar-refractivity contribution is 7.21. The van der Waals surface area contributed by atoms with Gasteiger partial charge in [-0.3, -0.25) is 4.79 Å². The lowest BCUT2D eigenvalue weighted by Crippen LogP contribution is -2.12. The second kappa shape index (κ2) is 6.84. The van der Waals surface area contributed by atoms with E-state index in [1.165, 1.54) is 36.6 Å². The number of carbonyl (C=O) groups is 2. The number of ether oxygens (including phenoxy) is 2. The molecule has 0 saturated heterocycles. The van der Waals surface area contributed by atoms with Crippen LogP contribution in [0, 0.1) is 5.92 Å². The van der Waals surface area contributed by atoms with Crippen LogP contribution >= 0.6 is 11.3 Å². The van der Waals surface area contributed by atoms with Crippen LogP contribution in [0.25, 0.3) is 10.3 Å². The number of carbonyl (C=O) groups excluding carboxylic acids is 1. The summed E-state index contributed by atoms with van der Waals surface area (Å²) in [5, 5.41) is 12.4. The number of aromatic nitrogens is 2. The van der Waals surface area contributed by atoms with E-state index in [9.17, 15) is 9.59 Å². The van der Waals surface area contributed by atoms with Gasteiger partial charge >= 0.3 is 5.97 Å². The Morgan fingerprint density at radius 3 is 2.70 bits per heavy atom. The largest absolute Gasteiger partial charge is 0.493 e. The Bertz CT molecular complexity index is 1040. The summed E-state index contributed by atoms with van der Waals surface area (Å²) >= 11 is 1.25. The van der Waals surface area contributed by atoms with Crippen LogP contribution in [0.3, 0.4) is 0 Å². The van der Waals surface area contributed by atoms with Crippen LogP contribution in [0.15, 0.2) is 30.3 Å². The first-order valence-corrected chi connectivity index (χ1v) is 9.03. The molecule has 27 heavy (non-hydrogen) atoms. The highest BCUT2D eigenvalue weighted by atomic mass is 32.1. The molecule has 0 atom stereocenters. The molecule has 2 heterocycles. The minimum Gasteiger partial charge on any atom is -0.493 e. The van der Waals surface area contributed by atoms with E-state index in [1.807, 2.05) is 0 Å². The lowest BCUT2D eigenvalue weighted by atomic mass is 10.2. The van der Waals surface area contributed by atoms with Crippen molar-refractivity contribution in [2.75, 3.05) is 12.4 Å². The quantitative estimate of drug-likeness (QED) is 0.667. The molecule has 138 valence electrons. The van der Waals surface area contributed by atoms with Crippen LogP contribution in [-0.2, 0) is 4.79 Å². The topological polar surface area (TPSA) is 111 Å². The van der Waals surface area contributed by atoms with E-state index < -0.39 is 5.97 Å². The number of thiazole rings is 1. The minimum absolute atomic E-state index is 0.0132. The molecule has 0 spiro atoms. The van der Waals surface area contributed by atoms with Crippen molar-refractivity contribution in [1.82, 2.24) is 9.97 Å². The summed E-state index contributed by atoms with van der Waals surface area (Å²) in [6, 6.07) is 7.69. The summed E-state index contributed by atoms with van der Waals surface area (Å²) in [5.74, 6) is -0.0744. The van der Waals surface area contributed by atoms with Gasteiger partial charge in [0.15, 0.2) is 16.6 Å². The maximum Gasteiger partial charge on any atom is 0.335 e. The number of aromatic carboxylic acids is 1. The second-order valence-corrected chi connectivity index (χ2v) is 7.01. The second-order valence-electron chi connectivity index (χ2n) is 6.03. The average Bonchev–Trinajstić information content (AvgIpc) is 3.42. The van der Waals surface area contributed by atoms with E-state index in [0.717, 1.165) is 12.8 Å². The van der Waals surface area contributed by atoms with Crippen LogP contribution in [0.2, 0.25) is 0 Å². The molecular formula is C18H15N3O5S. The van der Waals surface area contributed by atoms with E-state index in [2.05, 4.69) is 15.3 Å². The molecule has 8 nitrogen and oxygen atoms in total. The molecular weight excluding hydrogens is 370 g/mol. The number of hydrogen-bond acceptors (Lipinski definition) is 7. The van der Waals surface area contributed by atoms with Crippen molar-refractivity contribution in [2.45, 2.75) is 12.8 Å². The molecule has 1 aliphatic rings. The summed E-state index contributed by atoms with van der Waals surface area (Å²) < 4.78 is 10.9. The Morgan fingerprint density at radius 2 is 2.00 bits per heavy atom. The van der Waals surface area contributed by atoms with Gasteiger partial charge < -0.3 is 19.9 Å². The van der Waals surface area contributed by atoms with Gasteiger partial charge in [0, 0.05) is 12.0 Å². The lowest BCUT2D eigenvalue weighted by molar-refractivity contribution is -0.117. The van der Waals surface area contributed by atoms with Crippen LogP contribution in [0.1, 0.15) is 23.2 Å². The molecule has 2 N–H and O–H groups in total. The molecule has 1 fully saturated rings. The normalized spacial score (nSPS) is 13.4. The first-order chi connectivity index (χ1) is 13.0. The summed E-state index contributed by atoms with van der Waals surface area (Å²) in [6.07, 6.45) is 1.84. The fourth-order valence-corrected chi connectivity index (χ4v) is 3.30. The molecule has 0 aliphatic heterocycles. The fourth-order valence-electron chi connectivity index (χ4n) is 2.47. The maximum atomic E-state index is 11.9. The first kappa shape index (κ1) is 17.2. The highest BCUT2D eigenvalue weighted by Crippen LogP contribution is 2.34. The van der Waals surface area contributed by atoms with Crippen molar-refractivity contribution in [2.24, 2.45) is 5.92 Å². The van der Waals surface area contributed by atoms with Crippen molar-refractivity contribution >= 4 is 38.7 Å². The molecule has 1 amide bonds. The molecule has 0 radical (unpaired) electrons. The summed E-state index contributed by atoms with van der Waals surface area (Å²) in [4.78, 5) is 32.4. The number of benzene rings is 1. The molecule has 0 bridgehead atoms. The van der Waals surface area contributed by atoms with Gasteiger partial charge in [0.1, 0.15) is 10.3 Å². The van der Waals surface area contributed by atoms with Gasteiger partial charge in [0.25, 0.3) is 0 Å². The van der Waals surface area contributed by atoms with Gasteiger partial charge in [-0.2, -0.15) is 0 Å². The van der Waals surface area contributed by atoms with Crippen molar-refractivity contribution in [3.63, 3.8) is 0 Å². The number of anilines is 1. The minimum atomic E-state index is -1.07. The number of fused-ring (bicyclic) bond motifs is 1. The third-order valence-electron chi connectivity index (χ3n) is 4.03. The van der Waals surface area contributed by atoms with Crippen LogP contribution in [-0.4, -0.2) is 34.1 Å². The molecule has 9 heteroatoms. The Kier molecular flexibility index (Phi) is 4.36. The number of methoxy groups -OCH3 is 1. The zero-order valence-corrected chi connectivity index (χ0v) is 15.1. The Balaban J connectivity index is 1.59. The van der Waals surface area contributed by atoms with Crippen LogP contribution < -0.4 is 14.8 Å². The Hall–Kier alpha value is -3.20. The van der Waals surface area contributed by atoms with Crippen LogP contribution in [0.4, 0.5) is 5.13 Å². The van der Waals surface area contributed by atoms with E-state index in [0.29, 0.717) is 21.2 Å². The molecule has 1 aliphatic carbocycles. The monoisotopic (exact) mass is 385 g/mol. The number of pyridine rings is 1. The predicted molar refractivity (Wildman–Crippen MR) is 98.8 cm³/mol. The van der Waals surface area contributed by atoms with Crippen molar-refractivity contribution in [3.8, 4) is 17.4 Å². The molecule has 1 saturated carbocycles. The van der Waals surface area contributed by atoms with Crippen molar-refractivity contribution in [1.29, 1.82) is 0 Å². The van der Waals surface area contributed by atoms with Gasteiger partial charge in [-0.05, 0) is 37.1 Å². The molecule has 4 rings (SSSR count). The standard InChI is InChI=1S/C18H15N3O5S/c1-25-12-6-4-10(17(23)24)8-13(12)26-14-7-5-11-16(20-14)27-18(19-11)21-15(22)9-2-3-9/h4-9H,2-3H2,1H3,(H,23,24)(H,19,21,22). The zero-order valence-electron chi connectivity index (χ0n) is 14.3. The number of rotatable bonds is 6. The molecule has 2 aromatic heterocycles. The van der Waals surface area contributed by atoms with Gasteiger partial charge in [-0.1, -0.05) is 11.3 Å². The lowest BCUT2D eigenvalue weighted by Gasteiger charge is -2.10. The first-order valence-electron chi connectivity index (χ1n) is 8.21. The predicted octanol–water partition coefficient (Wildman–Crippen LogP) is 3.54. The number of hydrogen-bond donors (Lipinski definition) is 2. The number of amides is 1. The van der Waals surface area contributed by atoms with Gasteiger partial charge in [-0.25, -0.2) is 14.8 Å². The Labute approximate surface area is 157 Å². The third-order valence-corrected chi connectivity index (χ3v) is 4.91.